The lowest BCUT2D eigenvalue weighted by Crippen LogP contribution is -2.66. The van der Waals surface area contributed by atoms with E-state index in [2.05, 4.69) is 0 Å². The molecule has 0 unspecified atom stereocenters. The van der Waals surface area contributed by atoms with Gasteiger partial charge in [-0.05, 0) is 54.4 Å². The van der Waals surface area contributed by atoms with E-state index in [0.717, 1.165) is 0 Å². The van der Waals surface area contributed by atoms with Gasteiger partial charge in [0.2, 0.25) is 0 Å². The van der Waals surface area contributed by atoms with E-state index in [4.69, 9.17) is 14.2 Å². The Morgan fingerprint density at radius 2 is 1.57 bits per heavy atom. The molecule has 0 saturated heterocycles. The molecule has 49 heavy (non-hydrogen) atoms. The van der Waals surface area contributed by atoms with Crippen LogP contribution in [0.1, 0.15) is 79.1 Å². The number of hydrogen-bond donors (Lipinski definition) is 3. The number of ketones is 1. The Bertz CT molecular complexity index is 1560. The number of Topliss-reactive ketones (excluding diaryl/α,β-unsaturated/α-hetero) is 1. The minimum atomic E-state index is -2.37. The molecular weight excluding hydrogens is 628 g/mol. The average molecular weight is 681 g/mol. The fourth-order valence-electron chi connectivity index (χ4n) is 8.83. The summed E-state index contributed by atoms with van der Waals surface area (Å²) < 4.78 is 18.3. The van der Waals surface area contributed by atoms with Crippen molar-refractivity contribution in [3.05, 3.63) is 59.2 Å². The van der Waals surface area contributed by atoms with Gasteiger partial charge in [0, 0.05) is 17.3 Å². The highest BCUT2D eigenvalue weighted by atomic mass is 16.6. The number of carbonyl (C=O) groups is 4. The van der Waals surface area contributed by atoms with Crippen LogP contribution in [0.4, 0.5) is 0 Å². The Hall–Kier alpha value is -3.34. The van der Waals surface area contributed by atoms with Gasteiger partial charge in [-0.1, -0.05) is 85.7 Å². The third kappa shape index (κ3) is 5.31. The number of aliphatic hydroxyl groups is 3. The van der Waals surface area contributed by atoms with Crippen LogP contribution < -0.4 is 0 Å². The molecule has 10 heteroatoms. The first kappa shape index (κ1) is 36.9. The van der Waals surface area contributed by atoms with Gasteiger partial charge in [0.15, 0.2) is 17.5 Å². The molecular formula is C39H52O10. The molecule has 4 aliphatic carbocycles. The van der Waals surface area contributed by atoms with Crippen LogP contribution in [0.3, 0.4) is 0 Å². The minimum Gasteiger partial charge on any atom is -0.461 e. The zero-order valence-electron chi connectivity index (χ0n) is 30.1. The van der Waals surface area contributed by atoms with Crippen molar-refractivity contribution in [3.63, 3.8) is 0 Å². The van der Waals surface area contributed by atoms with Crippen molar-refractivity contribution in [1.29, 1.82) is 0 Å². The van der Waals surface area contributed by atoms with Gasteiger partial charge in [-0.3, -0.25) is 14.4 Å². The van der Waals surface area contributed by atoms with E-state index in [1.165, 1.54) is 6.08 Å². The van der Waals surface area contributed by atoms with Crippen LogP contribution in [0.15, 0.2) is 53.6 Å². The van der Waals surface area contributed by atoms with E-state index < -0.39 is 94.1 Å². The molecule has 2 fully saturated rings. The first-order valence-electron chi connectivity index (χ1n) is 17.5. The first-order chi connectivity index (χ1) is 22.8. The number of fused-ring (bicyclic) bond motifs is 3. The van der Waals surface area contributed by atoms with E-state index in [1.807, 2.05) is 34.6 Å². The molecule has 0 radical (unpaired) electrons. The number of hydrogen-bond acceptors (Lipinski definition) is 10. The molecule has 1 aromatic rings. The van der Waals surface area contributed by atoms with Crippen molar-refractivity contribution in [2.45, 2.75) is 92.1 Å². The quantitative estimate of drug-likeness (QED) is 0.183. The van der Waals surface area contributed by atoms with Gasteiger partial charge in [0.25, 0.3) is 0 Å². The van der Waals surface area contributed by atoms with Crippen molar-refractivity contribution in [2.24, 2.45) is 52.3 Å². The SMILES string of the molecule is CC1=C[C@]23C(=O)[C@@H](C=C(CO)[C@@H](O)[C@]2(O)[C@H]1OC(=O)[C@H](C)C(C)C)[C@@H]1[C@](C)(COC(=O)c2ccccc2)[C@]1(OC(=O)[C@H](C)C(C)C)C[C@H]3C. The van der Waals surface area contributed by atoms with Crippen molar-refractivity contribution >= 4 is 23.7 Å². The fraction of sp³-hybridized carbons (Fsp3) is 0.641. The topological polar surface area (TPSA) is 157 Å². The summed E-state index contributed by atoms with van der Waals surface area (Å²) in [6.45, 7) is 15.4. The van der Waals surface area contributed by atoms with Crippen LogP contribution in [-0.4, -0.2) is 75.6 Å². The molecule has 10 nitrogen and oxygen atoms in total. The van der Waals surface area contributed by atoms with Gasteiger partial charge in [-0.15, -0.1) is 0 Å². The second-order valence-electron chi connectivity index (χ2n) is 15.9. The Kier molecular flexibility index (Phi) is 9.62. The van der Waals surface area contributed by atoms with Gasteiger partial charge in [0.05, 0.1) is 29.4 Å². The van der Waals surface area contributed by atoms with Crippen LogP contribution in [0.25, 0.3) is 0 Å². The Balaban J connectivity index is 1.64. The van der Waals surface area contributed by atoms with Crippen molar-refractivity contribution in [1.82, 2.24) is 0 Å². The third-order valence-corrected chi connectivity index (χ3v) is 12.6. The summed E-state index contributed by atoms with van der Waals surface area (Å²) in [7, 11) is 0. The number of rotatable bonds is 10. The molecule has 0 amide bonds. The van der Waals surface area contributed by atoms with Gasteiger partial charge >= 0.3 is 17.9 Å². The normalized spacial score (nSPS) is 37.5. The highest BCUT2D eigenvalue weighted by Gasteiger charge is 2.85. The van der Waals surface area contributed by atoms with Gasteiger partial charge in [-0.25, -0.2) is 4.79 Å². The number of aliphatic hydroxyl groups excluding tert-OH is 2. The van der Waals surface area contributed by atoms with Crippen molar-refractivity contribution < 1.29 is 48.7 Å². The number of allylic oxidation sites excluding steroid dienone is 1. The van der Waals surface area contributed by atoms with E-state index in [-0.39, 0.29) is 30.4 Å². The third-order valence-electron chi connectivity index (χ3n) is 12.6. The van der Waals surface area contributed by atoms with E-state index >= 15 is 4.79 Å². The van der Waals surface area contributed by atoms with Crippen molar-refractivity contribution in [3.8, 4) is 0 Å². The lowest BCUT2D eigenvalue weighted by atomic mass is 9.58. The second-order valence-corrected chi connectivity index (χ2v) is 15.9. The maximum absolute atomic E-state index is 15.2. The highest BCUT2D eigenvalue weighted by Crippen LogP contribution is 2.75. The average Bonchev–Trinajstić information content (AvgIpc) is 3.50. The zero-order chi connectivity index (χ0) is 36.4. The van der Waals surface area contributed by atoms with E-state index in [0.29, 0.717) is 11.1 Å². The summed E-state index contributed by atoms with van der Waals surface area (Å²) in [6.07, 6.45) is 0.0207. The number of esters is 3. The van der Waals surface area contributed by atoms with Gasteiger partial charge < -0.3 is 29.5 Å². The summed E-state index contributed by atoms with van der Waals surface area (Å²) in [5.41, 5.74) is -5.76. The minimum absolute atomic E-state index is 0.0100. The van der Waals surface area contributed by atoms with Gasteiger partial charge in [-0.2, -0.15) is 0 Å². The van der Waals surface area contributed by atoms with Gasteiger partial charge in [0.1, 0.15) is 18.3 Å². The summed E-state index contributed by atoms with van der Waals surface area (Å²) in [4.78, 5) is 55.4. The molecule has 268 valence electrons. The summed E-state index contributed by atoms with van der Waals surface area (Å²) in [6, 6.07) is 8.50. The van der Waals surface area contributed by atoms with Crippen LogP contribution in [-0.2, 0) is 28.6 Å². The Morgan fingerprint density at radius 3 is 2.14 bits per heavy atom. The van der Waals surface area contributed by atoms with E-state index in [1.54, 1.807) is 64.1 Å². The Morgan fingerprint density at radius 1 is 0.980 bits per heavy atom. The number of carbonyl (C=O) groups excluding carboxylic acids is 4. The summed E-state index contributed by atoms with van der Waals surface area (Å²) >= 11 is 0. The zero-order valence-corrected chi connectivity index (χ0v) is 30.1. The smallest absolute Gasteiger partial charge is 0.338 e. The largest absolute Gasteiger partial charge is 0.461 e. The number of ether oxygens (including phenoxy) is 3. The second kappa shape index (κ2) is 12.8. The molecule has 11 atom stereocenters. The predicted molar refractivity (Wildman–Crippen MR) is 180 cm³/mol. The first-order valence-corrected chi connectivity index (χ1v) is 17.5. The molecule has 1 spiro atoms. The molecule has 1 aromatic carbocycles. The lowest BCUT2D eigenvalue weighted by molar-refractivity contribution is -0.207. The van der Waals surface area contributed by atoms with Crippen LogP contribution in [0.2, 0.25) is 0 Å². The van der Waals surface area contributed by atoms with Crippen molar-refractivity contribution in [2.75, 3.05) is 13.2 Å². The molecule has 3 N–H and O–H groups in total. The Labute approximate surface area is 288 Å². The monoisotopic (exact) mass is 680 g/mol. The summed E-state index contributed by atoms with van der Waals surface area (Å²) in [5.74, 6) is -5.74. The molecule has 0 heterocycles. The van der Waals surface area contributed by atoms with Crippen LogP contribution >= 0.6 is 0 Å². The van der Waals surface area contributed by atoms with E-state index in [9.17, 15) is 29.7 Å². The molecule has 4 aliphatic rings. The lowest BCUT2D eigenvalue weighted by Gasteiger charge is -2.49. The fourth-order valence-corrected chi connectivity index (χ4v) is 8.83. The van der Waals surface area contributed by atoms with Crippen LogP contribution in [0, 0.1) is 52.3 Å². The highest BCUT2D eigenvalue weighted by molar-refractivity contribution is 5.96. The summed E-state index contributed by atoms with van der Waals surface area (Å²) in [5, 5.41) is 35.4. The molecule has 5 rings (SSSR count). The maximum atomic E-state index is 15.2. The molecule has 0 aliphatic heterocycles. The molecule has 2 bridgehead atoms. The molecule has 0 aromatic heterocycles. The maximum Gasteiger partial charge on any atom is 0.338 e. The predicted octanol–water partition coefficient (Wildman–Crippen LogP) is 4.45. The van der Waals surface area contributed by atoms with Crippen LogP contribution in [0.5, 0.6) is 0 Å². The standard InChI is InChI=1S/C39H52O10/c1-20(2)24(7)33(43)48-32-22(5)16-37-23(6)17-38(49-34(44)25(8)21(3)4)29(28(31(37)42)15-27(18-40)30(41)39(32,37)46)36(38,9)19-47-35(45)26-13-11-10-12-14-26/h10-16,20-21,23-25,28-30,32,40-41,46H,17-19H2,1-9H3/t23-,24-,25-,28+,29-,30-,32+,36+,37+,38+,39+/m1/s1. The molecule has 2 saturated carbocycles. The number of benzene rings is 1.